The molecule has 5 saturated heterocycles. The summed E-state index contributed by atoms with van der Waals surface area (Å²) in [5.74, 6) is -6.95. The zero-order valence-corrected chi connectivity index (χ0v) is 51.4. The van der Waals surface area contributed by atoms with Crippen LogP contribution < -0.4 is 0 Å². The fourth-order valence-electron chi connectivity index (χ4n) is 9.52. The lowest BCUT2D eigenvalue weighted by Gasteiger charge is -2.44. The summed E-state index contributed by atoms with van der Waals surface area (Å²) in [6.07, 6.45) is 5.28. The molecule has 0 spiro atoms. The van der Waals surface area contributed by atoms with Crippen LogP contribution in [0.1, 0.15) is 58.0 Å². The second-order valence-corrected chi connectivity index (χ2v) is 22.3. The molecule has 0 saturated carbocycles. The van der Waals surface area contributed by atoms with Gasteiger partial charge in [-0.3, -0.25) is 45.5 Å². The number of ether oxygens (including phenoxy) is 5. The lowest BCUT2D eigenvalue weighted by Crippen LogP contribution is -2.56. The summed E-state index contributed by atoms with van der Waals surface area (Å²) in [6.45, 7) is 0. The van der Waals surface area contributed by atoms with E-state index in [9.17, 15) is 63.5 Å². The molecule has 85 heavy (non-hydrogen) atoms. The van der Waals surface area contributed by atoms with E-state index >= 15 is 0 Å². The van der Waals surface area contributed by atoms with Crippen molar-refractivity contribution in [2.75, 3.05) is 66.8 Å². The van der Waals surface area contributed by atoms with Crippen LogP contribution in [0.3, 0.4) is 0 Å². The van der Waals surface area contributed by atoms with Crippen molar-refractivity contribution in [3.05, 3.63) is 176 Å². The van der Waals surface area contributed by atoms with Crippen molar-refractivity contribution in [1.82, 2.24) is 21.5 Å². The number of amides is 5. The Morgan fingerprint density at radius 1 is 0.353 bits per heavy atom. The van der Waals surface area contributed by atoms with Crippen molar-refractivity contribution >= 4 is 101 Å². The van der Waals surface area contributed by atoms with Gasteiger partial charge in [-0.15, -0.1) is 0 Å². The highest BCUT2D eigenvalue weighted by atomic mass is 35.5. The summed E-state index contributed by atoms with van der Waals surface area (Å²) in [5, 5.41) is 0.0732. The van der Waals surface area contributed by atoms with Gasteiger partial charge in [-0.2, -0.15) is 0 Å². The van der Waals surface area contributed by atoms with Crippen LogP contribution in [0.15, 0.2) is 91.0 Å². The molecule has 5 aromatic carbocycles. The van der Waals surface area contributed by atoms with Crippen LogP contribution >= 0.6 is 71.3 Å². The van der Waals surface area contributed by atoms with Crippen molar-refractivity contribution < 1.29 is 87.2 Å². The van der Waals surface area contributed by atoms with Crippen LogP contribution in [0, 0.1) is 52.4 Å². The monoisotopic (exact) mass is 1310 g/mol. The number of benzene rings is 5. The maximum Gasteiger partial charge on any atom is 0.264 e. The van der Waals surface area contributed by atoms with E-state index < -0.39 is 101 Å². The Bertz CT molecular complexity index is 3060. The third-order valence-electron chi connectivity index (χ3n) is 13.6. The third kappa shape index (κ3) is 14.3. The van der Waals surface area contributed by atoms with E-state index in [2.05, 4.69) is 0 Å². The van der Waals surface area contributed by atoms with Gasteiger partial charge in [0.2, 0.25) is 0 Å². The highest BCUT2D eigenvalue weighted by molar-refractivity contribution is 7.97. The number of nitrogens with zero attached hydrogens (tertiary/aromatic N) is 5. The molecule has 0 radical (unpaired) electrons. The van der Waals surface area contributed by atoms with Crippen molar-refractivity contribution in [3.63, 3.8) is 0 Å². The molecule has 460 valence electrons. The van der Waals surface area contributed by atoms with Gasteiger partial charge >= 0.3 is 0 Å². The van der Waals surface area contributed by atoms with E-state index in [4.69, 9.17) is 35.3 Å². The fourth-order valence-corrected chi connectivity index (χ4v) is 13.3. The Labute approximate surface area is 510 Å². The van der Waals surface area contributed by atoms with E-state index in [1.807, 2.05) is 0 Å². The molecule has 15 nitrogen and oxygen atoms in total. The Kier molecular flexibility index (Phi) is 24.7. The van der Waals surface area contributed by atoms with E-state index in [1.54, 1.807) is 41.7 Å². The smallest absolute Gasteiger partial charge is 0.264 e. The van der Waals surface area contributed by atoms with E-state index in [0.29, 0.717) is 16.7 Å². The number of hydrogen-bond donors (Lipinski definition) is 0. The summed E-state index contributed by atoms with van der Waals surface area (Å²) < 4.78 is 152. The maximum atomic E-state index is 13.6. The molecule has 5 aromatic rings. The lowest BCUT2D eigenvalue weighted by molar-refractivity contribution is -0.159. The average Bonchev–Trinajstić information content (AvgIpc) is 2.67. The quantitative estimate of drug-likeness (QED) is 0.0556. The molecule has 5 aliphatic rings. The standard InChI is InChI=1S/C11H11ClFNO2S.4C11H11F2NO2S/c1-16-10-9(14(17-2)11(10)15)6-3-4-7(12)8(13)5-6;1-16-10-9(14(17-2)11(10)15)6-3-7(12)5-8(13)4-6;1-16-10-9(14(17-2)11(10)15)7-5-6(12)3-4-8(7)13;1-16-10-9(14(17-2)11(10)15)6-3-4-7(12)8(13)5-6;1-16-10-9(14(17-2)11(10)15)8-6(12)4-3-5-7(8)13/h5*3-5,9-10H,1-2H3. The summed E-state index contributed by atoms with van der Waals surface area (Å²) in [6, 6.07) is 15.9. The van der Waals surface area contributed by atoms with Gasteiger partial charge in [0.15, 0.2) is 42.2 Å². The predicted molar refractivity (Wildman–Crippen MR) is 306 cm³/mol. The van der Waals surface area contributed by atoms with Gasteiger partial charge in [0.05, 0.1) is 10.6 Å². The molecule has 10 unspecified atom stereocenters. The minimum absolute atomic E-state index is 0.0732. The predicted octanol–water partition coefficient (Wildman–Crippen LogP) is 11.2. The van der Waals surface area contributed by atoms with Crippen molar-refractivity contribution in [3.8, 4) is 0 Å². The van der Waals surface area contributed by atoms with E-state index in [-0.39, 0.29) is 57.8 Å². The Balaban J connectivity index is 0.000000170. The van der Waals surface area contributed by atoms with Gasteiger partial charge in [-0.05, 0) is 83.4 Å². The number of methoxy groups -OCH3 is 5. The number of rotatable bonds is 15. The Morgan fingerprint density at radius 2 is 0.706 bits per heavy atom. The topological polar surface area (TPSA) is 148 Å². The van der Waals surface area contributed by atoms with Crippen LogP contribution in [-0.4, -0.2) is 148 Å². The Hall–Kier alpha value is -5.34. The molecule has 0 N–H and O–H groups in total. The zero-order chi connectivity index (χ0) is 62.9. The molecule has 5 fully saturated rings. The van der Waals surface area contributed by atoms with Crippen LogP contribution in [0.25, 0.3) is 0 Å². The summed E-state index contributed by atoms with van der Waals surface area (Å²) in [5.41, 5.74) is 1.65. The highest BCUT2D eigenvalue weighted by Crippen LogP contribution is 2.46. The second-order valence-electron chi connectivity index (χ2n) is 18.1. The zero-order valence-electron chi connectivity index (χ0n) is 46.6. The molecule has 0 aromatic heterocycles. The number of β-lactam (4-membered cyclic amide) rings is 5. The number of hydrogen-bond acceptors (Lipinski definition) is 15. The van der Waals surface area contributed by atoms with Crippen LogP contribution in [0.4, 0.5) is 39.5 Å². The van der Waals surface area contributed by atoms with Crippen molar-refractivity contribution in [2.24, 2.45) is 0 Å². The first kappa shape index (κ1) is 68.8. The van der Waals surface area contributed by atoms with Crippen molar-refractivity contribution in [2.45, 2.75) is 60.7 Å². The number of carbonyl (C=O) groups is 5. The van der Waals surface area contributed by atoms with E-state index in [1.165, 1.54) is 149 Å². The fraction of sp³-hybridized carbons (Fsp3) is 0.364. The molecule has 10 atom stereocenters. The second kappa shape index (κ2) is 30.5. The molecular formula is C55H55ClF9N5O10S5. The number of carbonyl (C=O) groups excluding carboxylic acids is 5. The summed E-state index contributed by atoms with van der Waals surface area (Å²) in [4.78, 5) is 57.9. The third-order valence-corrected chi connectivity index (χ3v) is 17.9. The SMILES string of the molecule is COC1C(=O)N(SC)C1c1c(F)cccc1F.COC1C(=O)N(SC)C1c1cc(F)cc(F)c1.COC1C(=O)N(SC)C1c1cc(F)ccc1F.COC1C(=O)N(SC)C1c1ccc(Cl)c(F)c1.COC1C(=O)N(SC)C1c1ccc(F)c(F)c1. The van der Waals surface area contributed by atoms with Gasteiger partial charge in [0, 0.05) is 78.5 Å². The highest BCUT2D eigenvalue weighted by Gasteiger charge is 2.53. The molecule has 0 bridgehead atoms. The molecule has 10 rings (SSSR count). The molecule has 0 aliphatic carbocycles. The lowest BCUT2D eigenvalue weighted by atomic mass is 9.93. The first-order chi connectivity index (χ1) is 40.5. The molecule has 5 aliphatic heterocycles. The van der Waals surface area contributed by atoms with Gasteiger partial charge in [-0.25, -0.2) is 39.5 Å². The maximum absolute atomic E-state index is 13.6. The molecular weight excluding hydrogens is 1260 g/mol. The van der Waals surface area contributed by atoms with Gasteiger partial charge in [0.1, 0.15) is 70.9 Å². The average molecular weight is 1310 g/mol. The molecule has 5 amide bonds. The van der Waals surface area contributed by atoms with Crippen LogP contribution in [0.5, 0.6) is 0 Å². The first-order valence-corrected chi connectivity index (χ1v) is 31.0. The van der Waals surface area contributed by atoms with Crippen molar-refractivity contribution in [1.29, 1.82) is 0 Å². The number of halogens is 10. The Morgan fingerprint density at radius 3 is 1.11 bits per heavy atom. The van der Waals surface area contributed by atoms with Crippen LogP contribution in [0.2, 0.25) is 5.02 Å². The minimum Gasteiger partial charge on any atom is -0.369 e. The largest absolute Gasteiger partial charge is 0.369 e. The minimum atomic E-state index is -0.919. The van der Waals surface area contributed by atoms with Gasteiger partial charge in [0.25, 0.3) is 29.5 Å². The van der Waals surface area contributed by atoms with Gasteiger partial charge in [-0.1, -0.05) is 89.5 Å². The van der Waals surface area contributed by atoms with E-state index in [0.717, 1.165) is 48.3 Å². The molecule has 30 heteroatoms. The molecule has 5 heterocycles. The summed E-state index contributed by atoms with van der Waals surface area (Å²) in [7, 11) is 7.03. The van der Waals surface area contributed by atoms with Gasteiger partial charge < -0.3 is 23.7 Å². The van der Waals surface area contributed by atoms with Crippen LogP contribution in [-0.2, 0) is 47.7 Å². The first-order valence-electron chi connectivity index (χ1n) is 24.7. The normalized spacial score (nSPS) is 23.8. The summed E-state index contributed by atoms with van der Waals surface area (Å²) >= 11 is 11.7.